The van der Waals surface area contributed by atoms with Crippen LogP contribution >= 0.6 is 0 Å². The van der Waals surface area contributed by atoms with Crippen LogP contribution in [0.25, 0.3) is 11.1 Å². The summed E-state index contributed by atoms with van der Waals surface area (Å²) in [5, 5.41) is 8.88. The zero-order valence-electron chi connectivity index (χ0n) is 19.9. The first-order valence-electron chi connectivity index (χ1n) is 11.6. The Morgan fingerprint density at radius 3 is 2.53 bits per heavy atom. The van der Waals surface area contributed by atoms with Gasteiger partial charge in [0.05, 0.1) is 19.1 Å². The number of allylic oxidation sites excluding steroid dienone is 2. The molecular weight excluding hydrogens is 432 g/mol. The monoisotopic (exact) mass is 463 g/mol. The first-order chi connectivity index (χ1) is 16.4. The zero-order valence-corrected chi connectivity index (χ0v) is 19.9. The Bertz CT molecular complexity index is 1090. The molecule has 0 radical (unpaired) electrons. The lowest BCUT2D eigenvalue weighted by atomic mass is 9.97. The second-order valence-corrected chi connectivity index (χ2v) is 8.48. The van der Waals surface area contributed by atoms with E-state index >= 15 is 0 Å². The molecule has 0 bridgehead atoms. The van der Waals surface area contributed by atoms with Crippen LogP contribution in [0.2, 0.25) is 0 Å². The average molecular weight is 464 g/mol. The largest absolute Gasteiger partial charge is 0.487 e. The maximum atomic E-state index is 14.7. The number of nitrogens with zero attached hydrogens (tertiary/aromatic N) is 3. The maximum Gasteiger partial charge on any atom is 0.190 e. The minimum absolute atomic E-state index is 0.222. The lowest BCUT2D eigenvalue weighted by Gasteiger charge is -2.33. The predicted molar refractivity (Wildman–Crippen MR) is 133 cm³/mol. The van der Waals surface area contributed by atoms with E-state index in [9.17, 15) is 8.78 Å². The van der Waals surface area contributed by atoms with E-state index in [1.54, 1.807) is 18.2 Å². The fraction of sp³-hybridized carbons (Fsp3) is 0.357. The Morgan fingerprint density at radius 2 is 1.91 bits per heavy atom. The number of aliphatic imine (C=N–C) groups is 1. The molecule has 4 nitrogen and oxygen atoms in total. The number of amidine groups is 1. The van der Waals surface area contributed by atoms with Gasteiger partial charge >= 0.3 is 0 Å². The van der Waals surface area contributed by atoms with Gasteiger partial charge in [-0.1, -0.05) is 43.8 Å². The molecular formula is C28H31F2N3O. The molecule has 178 valence electrons. The molecule has 2 aromatic rings. The van der Waals surface area contributed by atoms with Gasteiger partial charge in [0.2, 0.25) is 0 Å². The van der Waals surface area contributed by atoms with Gasteiger partial charge in [0.25, 0.3) is 0 Å². The van der Waals surface area contributed by atoms with Crippen molar-refractivity contribution in [2.45, 2.75) is 39.5 Å². The Morgan fingerprint density at radius 1 is 1.21 bits per heavy atom. The first kappa shape index (κ1) is 25.2. The van der Waals surface area contributed by atoms with E-state index in [1.165, 1.54) is 12.1 Å². The number of nitriles is 1. The smallest absolute Gasteiger partial charge is 0.190 e. The van der Waals surface area contributed by atoms with Crippen LogP contribution in [0.1, 0.15) is 38.7 Å². The molecule has 1 heterocycles. The van der Waals surface area contributed by atoms with Crippen molar-refractivity contribution in [2.24, 2.45) is 10.9 Å². The van der Waals surface area contributed by atoms with Crippen LogP contribution in [0, 0.1) is 28.9 Å². The summed E-state index contributed by atoms with van der Waals surface area (Å²) >= 11 is 0. The standard InChI is InChI=1S/C28H31F2N3O/c1-4-21(5-2)18-32-20(3)33-13-10-23(11-14-33)19-34-28-26(29)16-25(17-27(28)30)24-8-6-7-22(15-24)9-12-31/h4,6-8,15-18,23H,1,5,9-11,13-14,19H2,2-3H3/b21-18+,32-20?. The van der Waals surface area contributed by atoms with Crippen molar-refractivity contribution in [3.05, 3.63) is 78.0 Å². The molecule has 1 fully saturated rings. The second kappa shape index (κ2) is 12.1. The third-order valence-electron chi connectivity index (χ3n) is 6.16. The minimum atomic E-state index is -0.721. The Labute approximate surface area is 200 Å². The molecule has 0 spiro atoms. The van der Waals surface area contributed by atoms with E-state index < -0.39 is 11.6 Å². The zero-order chi connectivity index (χ0) is 24.5. The molecule has 0 aliphatic carbocycles. The third kappa shape index (κ3) is 6.54. The number of benzene rings is 2. The van der Waals surface area contributed by atoms with Crippen molar-refractivity contribution in [3.63, 3.8) is 0 Å². The summed E-state index contributed by atoms with van der Waals surface area (Å²) in [5.74, 6) is -0.596. The van der Waals surface area contributed by atoms with Gasteiger partial charge in [0.15, 0.2) is 17.4 Å². The Kier molecular flexibility index (Phi) is 8.98. The van der Waals surface area contributed by atoms with Gasteiger partial charge in [0.1, 0.15) is 5.84 Å². The SMILES string of the molecule is C=C/C(=C\N=C(C)N1CCC(COc2c(F)cc(-c3cccc(CC#N)c3)cc2F)CC1)CC. The molecule has 6 heteroatoms. The average Bonchev–Trinajstić information content (AvgIpc) is 2.84. The highest BCUT2D eigenvalue weighted by molar-refractivity contribution is 5.80. The molecule has 34 heavy (non-hydrogen) atoms. The van der Waals surface area contributed by atoms with Crippen molar-refractivity contribution < 1.29 is 13.5 Å². The number of hydrogen-bond acceptors (Lipinski definition) is 3. The van der Waals surface area contributed by atoms with Crippen molar-refractivity contribution in [1.29, 1.82) is 5.26 Å². The normalized spacial score (nSPS) is 15.2. The molecule has 2 aromatic carbocycles. The number of rotatable bonds is 8. The number of piperidine rings is 1. The van der Waals surface area contributed by atoms with E-state index in [4.69, 9.17) is 10.00 Å². The van der Waals surface area contributed by atoms with Crippen LogP contribution in [-0.4, -0.2) is 30.4 Å². The van der Waals surface area contributed by atoms with E-state index in [0.717, 1.165) is 49.3 Å². The Balaban J connectivity index is 1.59. The molecule has 0 unspecified atom stereocenters. The summed E-state index contributed by atoms with van der Waals surface area (Å²) < 4.78 is 35.0. The fourth-order valence-corrected chi connectivity index (χ4v) is 3.99. The lowest BCUT2D eigenvalue weighted by molar-refractivity contribution is 0.172. The summed E-state index contributed by atoms with van der Waals surface area (Å²) in [4.78, 5) is 6.77. The van der Waals surface area contributed by atoms with Gasteiger partial charge < -0.3 is 9.64 Å². The lowest BCUT2D eigenvalue weighted by Crippen LogP contribution is -2.38. The molecule has 0 N–H and O–H groups in total. The highest BCUT2D eigenvalue weighted by atomic mass is 19.1. The van der Waals surface area contributed by atoms with E-state index in [1.807, 2.05) is 25.3 Å². The molecule has 0 aromatic heterocycles. The van der Waals surface area contributed by atoms with Gasteiger partial charge in [0, 0.05) is 19.3 Å². The minimum Gasteiger partial charge on any atom is -0.487 e. The van der Waals surface area contributed by atoms with Gasteiger partial charge in [-0.05, 0) is 66.5 Å². The van der Waals surface area contributed by atoms with Gasteiger partial charge in [-0.3, -0.25) is 0 Å². The third-order valence-corrected chi connectivity index (χ3v) is 6.16. The van der Waals surface area contributed by atoms with E-state index in [0.29, 0.717) is 11.1 Å². The molecule has 1 aliphatic heterocycles. The Hall–Kier alpha value is -3.46. The number of ether oxygens (including phenoxy) is 1. The molecule has 0 amide bonds. The van der Waals surface area contributed by atoms with Crippen LogP contribution in [0.3, 0.4) is 0 Å². The van der Waals surface area contributed by atoms with Crippen molar-refractivity contribution in [3.8, 4) is 22.9 Å². The van der Waals surface area contributed by atoms with Crippen LogP contribution in [0.5, 0.6) is 5.75 Å². The highest BCUT2D eigenvalue weighted by Crippen LogP contribution is 2.30. The van der Waals surface area contributed by atoms with E-state index in [2.05, 4.69) is 29.5 Å². The van der Waals surface area contributed by atoms with Crippen molar-refractivity contribution in [2.75, 3.05) is 19.7 Å². The summed E-state index contributed by atoms with van der Waals surface area (Å²) in [6.45, 7) is 9.78. The molecule has 0 atom stereocenters. The highest BCUT2D eigenvalue weighted by Gasteiger charge is 2.22. The van der Waals surface area contributed by atoms with Gasteiger partial charge in [-0.15, -0.1) is 0 Å². The predicted octanol–water partition coefficient (Wildman–Crippen LogP) is 6.69. The number of likely N-dealkylation sites (tertiary alicyclic amines) is 1. The summed E-state index contributed by atoms with van der Waals surface area (Å²) in [7, 11) is 0. The topological polar surface area (TPSA) is 48.6 Å². The fourth-order valence-electron chi connectivity index (χ4n) is 3.99. The molecule has 3 rings (SSSR count). The summed E-state index contributed by atoms with van der Waals surface area (Å²) in [5.41, 5.74) is 2.97. The molecule has 1 saturated heterocycles. The van der Waals surface area contributed by atoms with Crippen molar-refractivity contribution in [1.82, 2.24) is 4.90 Å². The van der Waals surface area contributed by atoms with Crippen LogP contribution in [0.15, 0.2) is 65.8 Å². The first-order valence-corrected chi connectivity index (χ1v) is 11.6. The molecule has 1 aliphatic rings. The number of hydrogen-bond donors (Lipinski definition) is 0. The van der Waals surface area contributed by atoms with Gasteiger partial charge in [-0.2, -0.15) is 5.26 Å². The van der Waals surface area contributed by atoms with E-state index in [-0.39, 0.29) is 24.7 Å². The quantitative estimate of drug-likeness (QED) is 0.249. The molecule has 0 saturated carbocycles. The second-order valence-electron chi connectivity index (χ2n) is 8.48. The summed E-state index contributed by atoms with van der Waals surface area (Å²) in [6, 6.07) is 11.8. The van der Waals surface area contributed by atoms with Gasteiger partial charge in [-0.25, -0.2) is 13.8 Å². The van der Waals surface area contributed by atoms with Crippen molar-refractivity contribution >= 4 is 5.84 Å². The maximum absolute atomic E-state index is 14.7. The number of halogens is 2. The summed E-state index contributed by atoms with van der Waals surface area (Å²) in [6.07, 6.45) is 6.54. The van der Waals surface area contributed by atoms with Crippen LogP contribution in [0.4, 0.5) is 8.78 Å². The van der Waals surface area contributed by atoms with Crippen LogP contribution in [-0.2, 0) is 6.42 Å². The van der Waals surface area contributed by atoms with Crippen LogP contribution < -0.4 is 4.74 Å².